The molecule has 74 valence electrons. The van der Waals surface area contributed by atoms with Gasteiger partial charge in [0.15, 0.2) is 0 Å². The Morgan fingerprint density at radius 1 is 1.00 bits per heavy atom. The molecule has 0 fully saturated rings. The van der Waals surface area contributed by atoms with E-state index in [-0.39, 0.29) is 36.6 Å². The summed E-state index contributed by atoms with van der Waals surface area (Å²) in [6.07, 6.45) is 0. The van der Waals surface area contributed by atoms with E-state index in [0.29, 0.717) is 0 Å². The smallest absolute Gasteiger partial charge is 0.358 e. The van der Waals surface area contributed by atoms with Crippen molar-refractivity contribution in [2.45, 2.75) is 32.7 Å². The fourth-order valence-electron chi connectivity index (χ4n) is 0.775. The van der Waals surface area contributed by atoms with Crippen LogP contribution in [0.15, 0.2) is 0 Å². The van der Waals surface area contributed by atoms with E-state index in [1.165, 1.54) is 0 Å². The maximum absolute atomic E-state index is 2.63. The Morgan fingerprint density at radius 3 is 1.25 bits per heavy atom. The molecule has 0 aliphatic heterocycles. The maximum atomic E-state index is 2.63. The predicted molar refractivity (Wildman–Crippen MR) is 62.8 cm³/mol. The van der Waals surface area contributed by atoms with Gasteiger partial charge in [0, 0.05) is 0 Å². The zero-order valence-corrected chi connectivity index (χ0v) is 13.7. The van der Waals surface area contributed by atoms with Crippen LogP contribution in [-0.4, -0.2) is 28.5 Å². The maximum Gasteiger partial charge on any atom is 2.00 e. The number of hydrogen-bond donors (Lipinski definition) is 0. The second-order valence-corrected chi connectivity index (χ2v) is 12.4. The molecule has 1 nitrogen and oxygen atoms in total. The van der Waals surface area contributed by atoms with Crippen LogP contribution >= 0.6 is 0 Å². The third-order valence-electron chi connectivity index (χ3n) is 1.83. The van der Waals surface area contributed by atoms with E-state index < -0.39 is 17.2 Å². The van der Waals surface area contributed by atoms with Crippen molar-refractivity contribution in [2.75, 3.05) is 7.05 Å². The van der Waals surface area contributed by atoms with Crippen molar-refractivity contribution in [1.82, 2.24) is 4.23 Å². The quantitative estimate of drug-likeness (QED) is 0.529. The Labute approximate surface area is 97.6 Å². The van der Waals surface area contributed by atoms with Gasteiger partial charge in [-0.15, -0.1) is 0 Å². The Balaban J connectivity index is -0.000000107. The molecule has 0 unspecified atom stereocenters. The molecule has 0 atom stereocenters. The topological polar surface area (TPSA) is 3.24 Å². The molecular formula is C8H25NSi2Ti. The van der Waals surface area contributed by atoms with Crippen LogP contribution in [0.4, 0.5) is 0 Å². The summed E-state index contributed by atoms with van der Waals surface area (Å²) in [5.74, 6) is 0. The van der Waals surface area contributed by atoms with Crippen molar-refractivity contribution in [3.05, 3.63) is 14.9 Å². The Morgan fingerprint density at radius 2 is 1.25 bits per heavy atom. The summed E-state index contributed by atoms with van der Waals surface area (Å²) in [5, 5.41) is 0. The van der Waals surface area contributed by atoms with Crippen molar-refractivity contribution < 1.29 is 21.7 Å². The van der Waals surface area contributed by atoms with Crippen LogP contribution in [0.5, 0.6) is 0 Å². The Hall–Kier alpha value is 1.11. The molecule has 0 saturated heterocycles. The third-order valence-corrected chi connectivity index (χ3v) is 9.37. The van der Waals surface area contributed by atoms with Crippen LogP contribution in [0.1, 0.15) is 0 Å². The largest absolute Gasteiger partial charge is 2.00 e. The molecule has 0 heterocycles. The molecule has 0 aromatic rings. The van der Waals surface area contributed by atoms with E-state index >= 15 is 0 Å². The Kier molecular flexibility index (Phi) is 16.8. The fraction of sp³-hybridized carbons (Fsp3) is 0.750. The molecule has 0 bridgehead atoms. The average molecular weight is 239 g/mol. The van der Waals surface area contributed by atoms with Gasteiger partial charge in [0.2, 0.25) is 0 Å². The van der Waals surface area contributed by atoms with Gasteiger partial charge in [-0.2, -0.15) is 0 Å². The summed E-state index contributed by atoms with van der Waals surface area (Å²) in [7, 11) is 0.858. The van der Waals surface area contributed by atoms with Crippen LogP contribution in [0.3, 0.4) is 0 Å². The van der Waals surface area contributed by atoms with E-state index in [1.807, 2.05) is 0 Å². The molecule has 0 radical (unpaired) electrons. The molecule has 0 rings (SSSR count). The minimum absolute atomic E-state index is 0. The molecule has 0 aliphatic rings. The average Bonchev–Trinajstić information content (AvgIpc) is 1.62. The summed E-state index contributed by atoms with van der Waals surface area (Å²) < 4.78 is 2.63. The second-order valence-electron chi connectivity index (χ2n) is 3.88. The summed E-state index contributed by atoms with van der Waals surface area (Å²) >= 11 is 0. The first-order chi connectivity index (χ1) is 3.85. The number of rotatable bonds is 2. The van der Waals surface area contributed by atoms with E-state index in [1.54, 1.807) is 0 Å². The van der Waals surface area contributed by atoms with Crippen molar-refractivity contribution >= 4 is 17.2 Å². The van der Waals surface area contributed by atoms with Crippen LogP contribution in [0, 0.1) is 14.9 Å². The summed E-state index contributed by atoms with van der Waals surface area (Å²) in [6, 6.07) is 0. The van der Waals surface area contributed by atoms with E-state index in [9.17, 15) is 0 Å². The van der Waals surface area contributed by atoms with Gasteiger partial charge in [-0.05, 0) is 7.05 Å². The molecule has 4 heteroatoms. The summed E-state index contributed by atoms with van der Waals surface area (Å²) in [4.78, 5) is 0. The molecule has 12 heavy (non-hydrogen) atoms. The summed E-state index contributed by atoms with van der Waals surface area (Å²) in [5.41, 5.74) is 0. The number of hydrogen-bond acceptors (Lipinski definition) is 1. The fourth-order valence-corrected chi connectivity index (χ4v) is 6.97. The predicted octanol–water partition coefficient (Wildman–Crippen LogP) is 2.63. The van der Waals surface area contributed by atoms with Crippen molar-refractivity contribution in [2.24, 2.45) is 0 Å². The molecule has 0 saturated carbocycles. The molecule has 0 N–H and O–H groups in total. The normalized spacial score (nSPS) is 10.0. The zero-order chi connectivity index (χ0) is 7.65. The van der Waals surface area contributed by atoms with Gasteiger partial charge in [-0.25, -0.2) is 0 Å². The van der Waals surface area contributed by atoms with Gasteiger partial charge in [-0.1, -0.05) is 32.7 Å². The van der Waals surface area contributed by atoms with Crippen molar-refractivity contribution in [3.63, 3.8) is 0 Å². The van der Waals surface area contributed by atoms with Crippen LogP contribution < -0.4 is 0 Å². The molecule has 0 aromatic heterocycles. The second kappa shape index (κ2) is 8.70. The van der Waals surface area contributed by atoms with Gasteiger partial charge in [0.25, 0.3) is 0 Å². The SMILES string of the molecule is CN([SiH](C)C)[Si](C)(C)C.[CH3-].[CH3-].[Ti+2]. The van der Waals surface area contributed by atoms with Gasteiger partial charge < -0.3 is 19.1 Å². The summed E-state index contributed by atoms with van der Waals surface area (Å²) in [6.45, 7) is 12.0. The van der Waals surface area contributed by atoms with Gasteiger partial charge >= 0.3 is 21.7 Å². The van der Waals surface area contributed by atoms with Crippen LogP contribution in [0.2, 0.25) is 32.7 Å². The van der Waals surface area contributed by atoms with Crippen LogP contribution in [0.25, 0.3) is 0 Å². The van der Waals surface area contributed by atoms with Gasteiger partial charge in [-0.3, -0.25) is 0 Å². The molecule has 0 aliphatic carbocycles. The zero-order valence-electron chi connectivity index (χ0n) is 10.0. The van der Waals surface area contributed by atoms with E-state index in [2.05, 4.69) is 44.0 Å². The first-order valence-corrected chi connectivity index (χ1v) is 9.86. The standard InChI is InChI=1S/C6H19NSi2.2CH3.Ti/c1-7(8(2)3)9(4,5)6;;;/h8H,1-6H3;2*1H3;/q;2*-1;+2. The first-order valence-electron chi connectivity index (χ1n) is 3.58. The van der Waals surface area contributed by atoms with Crippen molar-refractivity contribution in [3.8, 4) is 0 Å². The molecule has 0 amide bonds. The third kappa shape index (κ3) is 9.20. The first kappa shape index (κ1) is 23.2. The van der Waals surface area contributed by atoms with E-state index in [4.69, 9.17) is 0 Å². The molecule has 0 aromatic carbocycles. The van der Waals surface area contributed by atoms with Gasteiger partial charge in [0.05, 0.1) is 8.96 Å². The molecule has 0 spiro atoms. The van der Waals surface area contributed by atoms with Gasteiger partial charge in [0.1, 0.15) is 8.24 Å². The van der Waals surface area contributed by atoms with Crippen LogP contribution in [-0.2, 0) is 21.7 Å². The molecular weight excluding hydrogens is 214 g/mol. The minimum Gasteiger partial charge on any atom is -0.358 e. The monoisotopic (exact) mass is 239 g/mol. The number of nitrogens with zero attached hydrogens (tertiary/aromatic N) is 1. The minimum atomic E-state index is -0.929. The van der Waals surface area contributed by atoms with Crippen molar-refractivity contribution in [1.29, 1.82) is 0 Å². The Bertz CT molecular complexity index is 91.5. The van der Waals surface area contributed by atoms with E-state index in [0.717, 1.165) is 0 Å².